The fourth-order valence-electron chi connectivity index (χ4n) is 0.959. The van der Waals surface area contributed by atoms with Crippen LogP contribution in [0.25, 0.3) is 0 Å². The summed E-state index contributed by atoms with van der Waals surface area (Å²) in [5.41, 5.74) is 4.65. The maximum atomic E-state index is 12.2. The molecule has 0 aliphatic heterocycles. The third-order valence-corrected chi connectivity index (χ3v) is 2.58. The molecule has 0 aromatic heterocycles. The number of alkyl halides is 3. The largest absolute Gasteiger partial charge is 0.506 e. The molecule has 0 radical (unpaired) electrons. The first-order chi connectivity index (χ1) is 6.34. The minimum Gasteiger partial charge on any atom is -0.506 e. The summed E-state index contributed by atoms with van der Waals surface area (Å²) in [5, 5.41) is 9.34. The summed E-state index contributed by atoms with van der Waals surface area (Å²) in [6.45, 7) is 0. The van der Waals surface area contributed by atoms with Crippen LogP contribution in [-0.4, -0.2) is 11.3 Å². The Kier molecular flexibility index (Phi) is 3.25. The highest BCUT2D eigenvalue weighted by atomic mass is 127. The van der Waals surface area contributed by atoms with E-state index in [0.717, 1.165) is 6.07 Å². The number of phenolic OH excluding ortho intramolecular Hbond substituents is 1. The highest BCUT2D eigenvalue weighted by Gasteiger charge is 2.39. The zero-order chi connectivity index (χ0) is 10.9. The standard InChI is InChI=1S/C8H7F3INO/c9-8(10,11)7(13)4-2-1-3-5(12)6(4)14/h1-3,7,14H,13H2/t7-/m1/s1. The van der Waals surface area contributed by atoms with E-state index >= 15 is 0 Å². The van der Waals surface area contributed by atoms with Crippen molar-refractivity contribution in [3.05, 3.63) is 27.3 Å². The zero-order valence-electron chi connectivity index (χ0n) is 6.85. The lowest BCUT2D eigenvalue weighted by atomic mass is 10.1. The fourth-order valence-corrected chi connectivity index (χ4v) is 1.48. The van der Waals surface area contributed by atoms with E-state index in [0.29, 0.717) is 3.57 Å². The Bertz CT molecular complexity index is 340. The quantitative estimate of drug-likeness (QED) is 0.782. The molecule has 0 aliphatic rings. The average Bonchev–Trinajstić information content (AvgIpc) is 2.07. The number of para-hydroxylation sites is 1. The van der Waals surface area contributed by atoms with E-state index < -0.39 is 18.0 Å². The molecule has 6 heteroatoms. The van der Waals surface area contributed by atoms with Gasteiger partial charge in [0.25, 0.3) is 0 Å². The van der Waals surface area contributed by atoms with Crippen molar-refractivity contribution in [2.45, 2.75) is 12.2 Å². The molecule has 0 heterocycles. The lowest BCUT2D eigenvalue weighted by molar-refractivity contribution is -0.149. The monoisotopic (exact) mass is 317 g/mol. The van der Waals surface area contributed by atoms with Gasteiger partial charge in [0.2, 0.25) is 0 Å². The lowest BCUT2D eigenvalue weighted by Gasteiger charge is -2.17. The summed E-state index contributed by atoms with van der Waals surface area (Å²) >= 11 is 1.74. The molecule has 0 spiro atoms. The molecule has 2 nitrogen and oxygen atoms in total. The molecular weight excluding hydrogens is 310 g/mol. The van der Waals surface area contributed by atoms with Gasteiger partial charge in [-0.1, -0.05) is 12.1 Å². The van der Waals surface area contributed by atoms with E-state index in [4.69, 9.17) is 5.73 Å². The van der Waals surface area contributed by atoms with Crippen LogP contribution < -0.4 is 5.73 Å². The number of hydrogen-bond acceptors (Lipinski definition) is 2. The zero-order valence-corrected chi connectivity index (χ0v) is 9.00. The van der Waals surface area contributed by atoms with Crippen LogP contribution in [0.2, 0.25) is 0 Å². The Hall–Kier alpha value is -0.500. The van der Waals surface area contributed by atoms with Gasteiger partial charge < -0.3 is 10.8 Å². The minimum absolute atomic E-state index is 0.301. The molecule has 3 N–H and O–H groups in total. The molecule has 1 rings (SSSR count). The summed E-state index contributed by atoms with van der Waals surface area (Å²) in [6, 6.07) is 1.94. The number of hydrogen-bond donors (Lipinski definition) is 2. The summed E-state index contributed by atoms with van der Waals surface area (Å²) in [4.78, 5) is 0. The molecule has 0 fully saturated rings. The van der Waals surface area contributed by atoms with Gasteiger partial charge in [0.15, 0.2) is 0 Å². The van der Waals surface area contributed by atoms with Crippen LogP contribution in [0, 0.1) is 3.57 Å². The first kappa shape index (κ1) is 11.6. The number of phenols is 1. The van der Waals surface area contributed by atoms with Crippen molar-refractivity contribution >= 4 is 22.6 Å². The minimum atomic E-state index is -4.54. The van der Waals surface area contributed by atoms with Crippen molar-refractivity contribution in [1.29, 1.82) is 0 Å². The predicted molar refractivity (Wildman–Crippen MR) is 53.8 cm³/mol. The maximum Gasteiger partial charge on any atom is 0.407 e. The van der Waals surface area contributed by atoms with E-state index in [9.17, 15) is 18.3 Å². The van der Waals surface area contributed by atoms with Crippen LogP contribution >= 0.6 is 22.6 Å². The van der Waals surface area contributed by atoms with Crippen LogP contribution in [0.5, 0.6) is 5.75 Å². The van der Waals surface area contributed by atoms with E-state index in [1.54, 1.807) is 22.6 Å². The van der Waals surface area contributed by atoms with Crippen molar-refractivity contribution in [1.82, 2.24) is 0 Å². The van der Waals surface area contributed by atoms with Crippen molar-refractivity contribution in [2.24, 2.45) is 5.73 Å². The predicted octanol–water partition coefficient (Wildman–Crippen LogP) is 2.56. The second-order valence-corrected chi connectivity index (χ2v) is 3.86. The molecule has 0 bridgehead atoms. The van der Waals surface area contributed by atoms with Gasteiger partial charge in [0.05, 0.1) is 3.57 Å². The fraction of sp³-hybridized carbons (Fsp3) is 0.250. The molecule has 0 saturated carbocycles. The molecule has 0 amide bonds. The highest BCUT2D eigenvalue weighted by molar-refractivity contribution is 14.1. The first-order valence-corrected chi connectivity index (χ1v) is 4.71. The molecular formula is C8H7F3INO. The topological polar surface area (TPSA) is 46.2 Å². The molecule has 1 aromatic carbocycles. The van der Waals surface area contributed by atoms with E-state index in [-0.39, 0.29) is 5.56 Å². The first-order valence-electron chi connectivity index (χ1n) is 3.63. The Morgan fingerprint density at radius 1 is 1.36 bits per heavy atom. The number of halogens is 4. The second kappa shape index (κ2) is 3.93. The SMILES string of the molecule is N[C@H](c1cccc(I)c1O)C(F)(F)F. The van der Waals surface area contributed by atoms with Crippen molar-refractivity contribution < 1.29 is 18.3 Å². The number of rotatable bonds is 1. The molecule has 1 atom stereocenters. The molecule has 0 saturated heterocycles. The molecule has 78 valence electrons. The van der Waals surface area contributed by atoms with Gasteiger partial charge >= 0.3 is 6.18 Å². The molecule has 14 heavy (non-hydrogen) atoms. The van der Waals surface area contributed by atoms with Crippen LogP contribution in [0.1, 0.15) is 11.6 Å². The van der Waals surface area contributed by atoms with Gasteiger partial charge in [-0.3, -0.25) is 0 Å². The summed E-state index contributed by atoms with van der Waals surface area (Å²) in [6.07, 6.45) is -4.54. The van der Waals surface area contributed by atoms with Crippen LogP contribution in [0.3, 0.4) is 0 Å². The van der Waals surface area contributed by atoms with Gasteiger partial charge in [-0.2, -0.15) is 13.2 Å². The maximum absolute atomic E-state index is 12.2. The Morgan fingerprint density at radius 2 is 1.93 bits per heavy atom. The average molecular weight is 317 g/mol. The number of nitrogens with two attached hydrogens (primary N) is 1. The molecule has 0 aliphatic carbocycles. The van der Waals surface area contributed by atoms with Crippen LogP contribution in [-0.2, 0) is 0 Å². The smallest absolute Gasteiger partial charge is 0.407 e. The summed E-state index contributed by atoms with van der Waals surface area (Å²) in [5.74, 6) is -0.405. The van der Waals surface area contributed by atoms with Crippen molar-refractivity contribution in [3.8, 4) is 5.75 Å². The van der Waals surface area contributed by atoms with Gasteiger partial charge in [-0.15, -0.1) is 0 Å². The van der Waals surface area contributed by atoms with Gasteiger partial charge in [0, 0.05) is 5.56 Å². The van der Waals surface area contributed by atoms with Gasteiger partial charge in [-0.05, 0) is 28.7 Å². The molecule has 0 unspecified atom stereocenters. The lowest BCUT2D eigenvalue weighted by Crippen LogP contribution is -2.28. The normalized spacial score (nSPS) is 14.1. The molecule has 1 aromatic rings. The van der Waals surface area contributed by atoms with Crippen LogP contribution in [0.15, 0.2) is 18.2 Å². The van der Waals surface area contributed by atoms with Crippen LogP contribution in [0.4, 0.5) is 13.2 Å². The van der Waals surface area contributed by atoms with Gasteiger partial charge in [0.1, 0.15) is 11.8 Å². The van der Waals surface area contributed by atoms with E-state index in [1.807, 2.05) is 0 Å². The van der Waals surface area contributed by atoms with Crippen molar-refractivity contribution in [3.63, 3.8) is 0 Å². The third kappa shape index (κ3) is 2.30. The Balaban J connectivity index is 3.14. The summed E-state index contributed by atoms with van der Waals surface area (Å²) < 4.78 is 37.0. The van der Waals surface area contributed by atoms with E-state index in [1.165, 1.54) is 12.1 Å². The Labute approximate surface area is 92.1 Å². The van der Waals surface area contributed by atoms with E-state index in [2.05, 4.69) is 0 Å². The van der Waals surface area contributed by atoms with Crippen molar-refractivity contribution in [2.75, 3.05) is 0 Å². The second-order valence-electron chi connectivity index (χ2n) is 2.70. The summed E-state index contributed by atoms with van der Waals surface area (Å²) in [7, 11) is 0. The number of aromatic hydroxyl groups is 1. The van der Waals surface area contributed by atoms with Gasteiger partial charge in [-0.25, -0.2) is 0 Å². The highest BCUT2D eigenvalue weighted by Crippen LogP contribution is 2.36. The third-order valence-electron chi connectivity index (χ3n) is 1.71. The number of benzene rings is 1. The Morgan fingerprint density at radius 3 is 2.43 bits per heavy atom.